The Balaban J connectivity index is 2.25. The van der Waals surface area contributed by atoms with Gasteiger partial charge in [0.25, 0.3) is 0 Å². The van der Waals surface area contributed by atoms with Crippen LogP contribution in [-0.2, 0) is 4.79 Å². The van der Waals surface area contributed by atoms with E-state index in [-0.39, 0.29) is 5.91 Å². The molecule has 1 heterocycles. The molecule has 1 aromatic carbocycles. The second kappa shape index (κ2) is 4.01. The number of hydrogen-bond acceptors (Lipinski definition) is 4. The molecule has 0 bridgehead atoms. The number of anilines is 1. The number of carbonyl (C=O) groups excluding carboxylic acids is 1. The van der Waals surface area contributed by atoms with Crippen LogP contribution in [0.5, 0.6) is 0 Å². The minimum Gasteiger partial charge on any atom is -0.326 e. The maximum absolute atomic E-state index is 10.8. The summed E-state index contributed by atoms with van der Waals surface area (Å²) in [6, 6.07) is 6.87. The third-order valence-electron chi connectivity index (χ3n) is 1.92. The van der Waals surface area contributed by atoms with Crippen LogP contribution in [0.15, 0.2) is 33.6 Å². The number of H-pyrrole nitrogens is 1. The summed E-state index contributed by atoms with van der Waals surface area (Å²) in [6.07, 6.45) is 0. The van der Waals surface area contributed by atoms with Gasteiger partial charge >= 0.3 is 5.76 Å². The summed E-state index contributed by atoms with van der Waals surface area (Å²) in [5, 5.41) is 6.18. The van der Waals surface area contributed by atoms with E-state index in [0.29, 0.717) is 17.1 Å². The first kappa shape index (κ1) is 10.2. The van der Waals surface area contributed by atoms with E-state index < -0.39 is 5.76 Å². The third-order valence-corrected chi connectivity index (χ3v) is 1.92. The number of aromatic amines is 1. The van der Waals surface area contributed by atoms with Crippen molar-refractivity contribution in [2.24, 2.45) is 0 Å². The fourth-order valence-electron chi connectivity index (χ4n) is 1.27. The zero-order chi connectivity index (χ0) is 11.5. The fourth-order valence-corrected chi connectivity index (χ4v) is 1.27. The highest BCUT2D eigenvalue weighted by Crippen LogP contribution is 2.16. The average Bonchev–Trinajstić information content (AvgIpc) is 2.65. The van der Waals surface area contributed by atoms with Crippen LogP contribution >= 0.6 is 0 Å². The van der Waals surface area contributed by atoms with Crippen LogP contribution in [0.1, 0.15) is 6.92 Å². The number of benzene rings is 1. The number of hydrogen-bond donors (Lipinski definition) is 2. The van der Waals surface area contributed by atoms with E-state index >= 15 is 0 Å². The number of nitrogens with one attached hydrogen (secondary N) is 2. The third kappa shape index (κ3) is 2.17. The molecule has 0 radical (unpaired) electrons. The van der Waals surface area contributed by atoms with Gasteiger partial charge in [0.2, 0.25) is 5.91 Å². The molecular weight excluding hydrogens is 210 g/mol. The second-order valence-corrected chi connectivity index (χ2v) is 3.20. The van der Waals surface area contributed by atoms with E-state index in [2.05, 4.69) is 20.0 Å². The Morgan fingerprint density at radius 1 is 1.38 bits per heavy atom. The standard InChI is InChI=1S/C10H9N3O3/c1-6(14)11-8-4-2-7(3-5-8)9-12-10(15)16-13-9/h2-5H,1H3,(H,11,14)(H,12,13,15). The van der Waals surface area contributed by atoms with Crippen LogP contribution in [0, 0.1) is 0 Å². The van der Waals surface area contributed by atoms with E-state index in [1.165, 1.54) is 6.92 Å². The van der Waals surface area contributed by atoms with Crippen molar-refractivity contribution in [2.45, 2.75) is 6.92 Å². The lowest BCUT2D eigenvalue weighted by atomic mass is 10.2. The van der Waals surface area contributed by atoms with E-state index in [9.17, 15) is 9.59 Å². The van der Waals surface area contributed by atoms with Crippen molar-refractivity contribution in [3.05, 3.63) is 34.8 Å². The molecule has 2 aromatic rings. The minimum absolute atomic E-state index is 0.136. The summed E-state index contributed by atoms with van der Waals surface area (Å²) >= 11 is 0. The van der Waals surface area contributed by atoms with Gasteiger partial charge in [0.05, 0.1) is 0 Å². The first-order chi connectivity index (χ1) is 7.65. The minimum atomic E-state index is -0.596. The molecule has 6 nitrogen and oxygen atoms in total. The van der Waals surface area contributed by atoms with Crippen LogP contribution in [0.2, 0.25) is 0 Å². The van der Waals surface area contributed by atoms with Crippen molar-refractivity contribution in [3.63, 3.8) is 0 Å². The van der Waals surface area contributed by atoms with E-state index in [0.717, 1.165) is 0 Å². The summed E-state index contributed by atoms with van der Waals surface area (Å²) in [4.78, 5) is 24.0. The molecule has 1 amide bonds. The van der Waals surface area contributed by atoms with E-state index in [1.54, 1.807) is 24.3 Å². The van der Waals surface area contributed by atoms with E-state index in [4.69, 9.17) is 0 Å². The Morgan fingerprint density at radius 3 is 2.56 bits per heavy atom. The van der Waals surface area contributed by atoms with Gasteiger partial charge in [-0.05, 0) is 24.3 Å². The molecule has 0 spiro atoms. The molecule has 0 aliphatic rings. The van der Waals surface area contributed by atoms with Gasteiger partial charge < -0.3 is 5.32 Å². The lowest BCUT2D eigenvalue weighted by molar-refractivity contribution is -0.114. The number of carbonyl (C=O) groups is 1. The molecular formula is C10H9N3O3. The Kier molecular flexibility index (Phi) is 2.55. The molecule has 16 heavy (non-hydrogen) atoms. The number of rotatable bonds is 2. The van der Waals surface area contributed by atoms with E-state index in [1.807, 2.05) is 0 Å². The topological polar surface area (TPSA) is 88.0 Å². The van der Waals surface area contributed by atoms with Gasteiger partial charge in [-0.1, -0.05) is 5.16 Å². The summed E-state index contributed by atoms with van der Waals surface area (Å²) < 4.78 is 4.38. The lowest BCUT2D eigenvalue weighted by Gasteiger charge is -2.01. The molecule has 6 heteroatoms. The highest BCUT2D eigenvalue weighted by molar-refractivity contribution is 5.88. The number of amides is 1. The molecule has 0 aliphatic heterocycles. The van der Waals surface area contributed by atoms with Crippen LogP contribution in [0.25, 0.3) is 11.4 Å². The zero-order valence-electron chi connectivity index (χ0n) is 8.48. The van der Waals surface area contributed by atoms with Crippen molar-refractivity contribution < 1.29 is 9.32 Å². The molecule has 0 unspecified atom stereocenters. The molecule has 0 saturated heterocycles. The predicted octanol–water partition coefficient (Wildman–Crippen LogP) is 0.988. The highest BCUT2D eigenvalue weighted by Gasteiger charge is 2.03. The summed E-state index contributed by atoms with van der Waals surface area (Å²) in [5.74, 6) is -0.372. The first-order valence-electron chi connectivity index (χ1n) is 4.59. The fraction of sp³-hybridized carbons (Fsp3) is 0.100. The quantitative estimate of drug-likeness (QED) is 0.788. The average molecular weight is 219 g/mol. The van der Waals surface area contributed by atoms with Gasteiger partial charge in [-0.3, -0.25) is 14.3 Å². The summed E-state index contributed by atoms with van der Waals surface area (Å²) in [7, 11) is 0. The highest BCUT2D eigenvalue weighted by atomic mass is 16.5. The van der Waals surface area contributed by atoms with Crippen LogP contribution in [0.4, 0.5) is 5.69 Å². The van der Waals surface area contributed by atoms with Crippen molar-refractivity contribution in [3.8, 4) is 11.4 Å². The SMILES string of the molecule is CC(=O)Nc1ccc(-c2noc(=O)[nH]2)cc1. The molecule has 1 aromatic heterocycles. The van der Waals surface area contributed by atoms with Crippen LogP contribution < -0.4 is 11.1 Å². The Bertz CT molecular complexity index is 553. The second-order valence-electron chi connectivity index (χ2n) is 3.20. The monoisotopic (exact) mass is 219 g/mol. The predicted molar refractivity (Wildman–Crippen MR) is 56.9 cm³/mol. The van der Waals surface area contributed by atoms with Crippen molar-refractivity contribution in [2.75, 3.05) is 5.32 Å². The van der Waals surface area contributed by atoms with Crippen LogP contribution in [0.3, 0.4) is 0 Å². The zero-order valence-corrected chi connectivity index (χ0v) is 8.48. The molecule has 2 rings (SSSR count). The lowest BCUT2D eigenvalue weighted by Crippen LogP contribution is -2.05. The molecule has 2 N–H and O–H groups in total. The number of aromatic nitrogens is 2. The molecule has 0 saturated carbocycles. The van der Waals surface area contributed by atoms with Crippen LogP contribution in [-0.4, -0.2) is 16.0 Å². The van der Waals surface area contributed by atoms with Gasteiger partial charge in [0, 0.05) is 18.2 Å². The maximum Gasteiger partial charge on any atom is 0.439 e. The van der Waals surface area contributed by atoms with Gasteiger partial charge in [-0.15, -0.1) is 0 Å². The summed E-state index contributed by atoms with van der Waals surface area (Å²) in [6.45, 7) is 1.43. The van der Waals surface area contributed by atoms with Crippen molar-refractivity contribution in [1.82, 2.24) is 10.1 Å². The smallest absolute Gasteiger partial charge is 0.326 e. The Hall–Kier alpha value is -2.37. The van der Waals surface area contributed by atoms with Gasteiger partial charge in [0.15, 0.2) is 5.82 Å². The van der Waals surface area contributed by atoms with Gasteiger partial charge in [0.1, 0.15) is 0 Å². The Labute approximate surface area is 90.3 Å². The first-order valence-corrected chi connectivity index (χ1v) is 4.59. The maximum atomic E-state index is 10.8. The van der Waals surface area contributed by atoms with Crippen molar-refractivity contribution >= 4 is 11.6 Å². The molecule has 82 valence electrons. The normalized spacial score (nSPS) is 10.1. The van der Waals surface area contributed by atoms with Gasteiger partial charge in [-0.2, -0.15) is 0 Å². The molecule has 0 aliphatic carbocycles. The van der Waals surface area contributed by atoms with Gasteiger partial charge in [-0.25, -0.2) is 4.79 Å². The Morgan fingerprint density at radius 2 is 2.06 bits per heavy atom. The molecule has 0 fully saturated rings. The van der Waals surface area contributed by atoms with Crippen molar-refractivity contribution in [1.29, 1.82) is 0 Å². The summed E-state index contributed by atoms with van der Waals surface area (Å²) in [5.41, 5.74) is 1.39. The number of nitrogens with zero attached hydrogens (tertiary/aromatic N) is 1. The largest absolute Gasteiger partial charge is 0.439 e. The molecule has 0 atom stereocenters.